The van der Waals surface area contributed by atoms with Gasteiger partial charge in [0.25, 0.3) is 0 Å². The van der Waals surface area contributed by atoms with E-state index in [-0.39, 0.29) is 0 Å². The Labute approximate surface area is 84.5 Å². The molecule has 1 rings (SSSR count). The van der Waals surface area contributed by atoms with Gasteiger partial charge in [0, 0.05) is 0 Å². The van der Waals surface area contributed by atoms with E-state index in [1.807, 2.05) is 25.3 Å². The van der Waals surface area contributed by atoms with Crippen LogP contribution in [0.25, 0.3) is 0 Å². The summed E-state index contributed by atoms with van der Waals surface area (Å²) in [7, 11) is 0. The summed E-state index contributed by atoms with van der Waals surface area (Å²) < 4.78 is 3.38. The molecule has 0 N–H and O–H groups in total. The fourth-order valence-corrected chi connectivity index (χ4v) is 2.28. The van der Waals surface area contributed by atoms with Gasteiger partial charge in [-0.05, 0) is 0 Å². The molecule has 0 saturated heterocycles. The Kier molecular flexibility index (Phi) is 3.38. The molecule has 0 aliphatic rings. The van der Waals surface area contributed by atoms with E-state index in [1.54, 1.807) is 0 Å². The van der Waals surface area contributed by atoms with Crippen LogP contribution in [0.15, 0.2) is 18.3 Å². The van der Waals surface area contributed by atoms with Gasteiger partial charge < -0.3 is 0 Å². The predicted octanol–water partition coefficient (Wildman–Crippen LogP) is 2.62. The maximum absolute atomic E-state index is 4.20. The van der Waals surface area contributed by atoms with Crippen molar-refractivity contribution in [3.05, 3.63) is 29.6 Å². The van der Waals surface area contributed by atoms with E-state index in [9.17, 15) is 0 Å². The molecule has 0 fully saturated rings. The molecule has 0 spiro atoms. The summed E-state index contributed by atoms with van der Waals surface area (Å²) in [6, 6.07) is 4.04. The van der Waals surface area contributed by atoms with E-state index in [1.165, 1.54) is 0 Å². The fourth-order valence-electron chi connectivity index (χ4n) is 0.801. The maximum atomic E-state index is 4.20. The Morgan fingerprint density at radius 3 is 2.38 bits per heavy atom. The Morgan fingerprint density at radius 2 is 1.92 bits per heavy atom. The van der Waals surface area contributed by atoms with E-state index >= 15 is 0 Å². The summed E-state index contributed by atoms with van der Waals surface area (Å²) in [5.41, 5.74) is 2.09. The van der Waals surface area contributed by atoms with Crippen LogP contribution in [0.3, 0.4) is 0 Å². The Morgan fingerprint density at radius 1 is 1.23 bits per heavy atom. The number of hydrogen-bond acceptors (Lipinski definition) is 1. The summed E-state index contributed by atoms with van der Waals surface area (Å²) in [5, 5.41) is 0. The number of nitrogens with zero attached hydrogens (tertiary/aromatic N) is 1. The van der Waals surface area contributed by atoms with Crippen LogP contribution in [0.1, 0.15) is 11.3 Å². The van der Waals surface area contributed by atoms with E-state index < -0.39 is 18.4 Å². The molecule has 1 heterocycles. The molecule has 2 heteroatoms. The van der Waals surface area contributed by atoms with Crippen LogP contribution in [0.4, 0.5) is 0 Å². The molecule has 1 aromatic rings. The van der Waals surface area contributed by atoms with Crippen molar-refractivity contribution >= 4 is 18.4 Å². The van der Waals surface area contributed by atoms with Crippen molar-refractivity contribution in [1.29, 1.82) is 0 Å². The van der Waals surface area contributed by atoms with Gasteiger partial charge in [-0.2, -0.15) is 0 Å². The van der Waals surface area contributed by atoms with Crippen LogP contribution < -0.4 is 0 Å². The average molecular weight is 280 g/mol. The van der Waals surface area contributed by atoms with Crippen molar-refractivity contribution in [2.45, 2.75) is 21.7 Å². The molecule has 13 heavy (non-hydrogen) atoms. The number of aryl methyl sites for hydroxylation is 1. The second-order valence-electron chi connectivity index (χ2n) is 4.19. The standard InChI is InChI=1S/C8H6N.3CH3.Sn/c1-3-8-5-4-7(2)9-6-8;;;;/h4-6H,2H3;3*1H3;. The van der Waals surface area contributed by atoms with E-state index in [2.05, 4.69) is 29.7 Å². The van der Waals surface area contributed by atoms with Gasteiger partial charge in [0.2, 0.25) is 0 Å². The monoisotopic (exact) mass is 281 g/mol. The molecule has 0 atom stereocenters. The molecule has 1 aromatic heterocycles. The first-order chi connectivity index (χ1) is 5.97. The number of rotatable bonds is 0. The van der Waals surface area contributed by atoms with Crippen molar-refractivity contribution in [3.8, 4) is 9.86 Å². The van der Waals surface area contributed by atoms with Gasteiger partial charge >= 0.3 is 84.5 Å². The molecule has 0 unspecified atom stereocenters. The molecular formula is C11H15NSn. The third-order valence-electron chi connectivity index (χ3n) is 1.49. The number of pyridine rings is 1. The summed E-state index contributed by atoms with van der Waals surface area (Å²) in [6.45, 7) is 1.99. The second-order valence-corrected chi connectivity index (χ2v) is 17.7. The minimum absolute atomic E-state index is 1.04. The molecular weight excluding hydrogens is 265 g/mol. The Hall–Kier alpha value is -0.491. The van der Waals surface area contributed by atoms with E-state index in [4.69, 9.17) is 0 Å². The van der Waals surface area contributed by atoms with Gasteiger partial charge in [-0.1, -0.05) is 0 Å². The topological polar surface area (TPSA) is 12.9 Å². The van der Waals surface area contributed by atoms with Gasteiger partial charge in [-0.25, -0.2) is 0 Å². The van der Waals surface area contributed by atoms with Crippen molar-refractivity contribution in [1.82, 2.24) is 4.98 Å². The summed E-state index contributed by atoms with van der Waals surface area (Å²) in [5.74, 6) is 3.19. The molecule has 0 amide bonds. The molecule has 0 aliphatic carbocycles. The van der Waals surface area contributed by atoms with Crippen LogP contribution >= 0.6 is 0 Å². The predicted molar refractivity (Wildman–Crippen MR) is 59.2 cm³/mol. The average Bonchev–Trinajstić information content (AvgIpc) is 2.02. The van der Waals surface area contributed by atoms with Gasteiger partial charge in [-0.3, -0.25) is 0 Å². The van der Waals surface area contributed by atoms with Gasteiger partial charge in [0.05, 0.1) is 0 Å². The Bertz CT molecular complexity index is 335. The van der Waals surface area contributed by atoms with Crippen molar-refractivity contribution < 1.29 is 0 Å². The van der Waals surface area contributed by atoms with Crippen molar-refractivity contribution in [2.24, 2.45) is 0 Å². The van der Waals surface area contributed by atoms with Crippen molar-refractivity contribution in [2.75, 3.05) is 0 Å². The van der Waals surface area contributed by atoms with Crippen LogP contribution in [0.2, 0.25) is 14.8 Å². The Balaban J connectivity index is 2.85. The molecule has 0 aromatic carbocycles. The first-order valence-corrected chi connectivity index (χ1v) is 14.4. The third-order valence-corrected chi connectivity index (χ3v) is 3.99. The number of aromatic nitrogens is 1. The summed E-state index contributed by atoms with van der Waals surface area (Å²) >= 11 is -1.91. The van der Waals surface area contributed by atoms with Gasteiger partial charge in [0.1, 0.15) is 0 Å². The molecule has 0 radical (unpaired) electrons. The third kappa shape index (κ3) is 4.33. The quantitative estimate of drug-likeness (QED) is 0.526. The normalized spacial score (nSPS) is 10.5. The molecule has 1 nitrogen and oxygen atoms in total. The van der Waals surface area contributed by atoms with E-state index in [0.29, 0.717) is 0 Å². The van der Waals surface area contributed by atoms with Crippen LogP contribution in [0.5, 0.6) is 0 Å². The number of hydrogen-bond donors (Lipinski definition) is 0. The second kappa shape index (κ2) is 4.15. The van der Waals surface area contributed by atoms with Gasteiger partial charge in [-0.15, -0.1) is 0 Å². The summed E-state index contributed by atoms with van der Waals surface area (Å²) in [4.78, 5) is 11.1. The zero-order chi connectivity index (χ0) is 9.90. The SMILES string of the molecule is Cc1ccc(C#[C][Sn]([CH3])([CH3])[CH3])cn1. The zero-order valence-electron chi connectivity index (χ0n) is 8.68. The minimum atomic E-state index is -1.91. The first kappa shape index (κ1) is 10.6. The van der Waals surface area contributed by atoms with Gasteiger partial charge in [0.15, 0.2) is 0 Å². The van der Waals surface area contributed by atoms with Crippen LogP contribution in [-0.2, 0) is 0 Å². The molecule has 68 valence electrons. The van der Waals surface area contributed by atoms with E-state index in [0.717, 1.165) is 11.3 Å². The molecule has 0 saturated carbocycles. The fraction of sp³-hybridized carbons (Fsp3) is 0.364. The first-order valence-electron chi connectivity index (χ1n) is 4.43. The van der Waals surface area contributed by atoms with Crippen molar-refractivity contribution in [3.63, 3.8) is 0 Å². The molecule has 0 aliphatic heterocycles. The summed E-state index contributed by atoms with van der Waals surface area (Å²) in [6.07, 6.45) is 1.85. The van der Waals surface area contributed by atoms with Crippen LogP contribution in [-0.4, -0.2) is 23.4 Å². The zero-order valence-corrected chi connectivity index (χ0v) is 11.5. The molecule has 0 bridgehead atoms. The van der Waals surface area contributed by atoms with Crippen LogP contribution in [0, 0.1) is 16.8 Å².